The molecule has 2 N–H and O–H groups in total. The Morgan fingerprint density at radius 1 is 1.22 bits per heavy atom. The lowest BCUT2D eigenvalue weighted by Crippen LogP contribution is -2.24. The van der Waals surface area contributed by atoms with Gasteiger partial charge in [-0.15, -0.1) is 0 Å². The minimum atomic E-state index is -4.49. The van der Waals surface area contributed by atoms with Crippen molar-refractivity contribution in [3.63, 3.8) is 0 Å². The monoisotopic (exact) mass is 345 g/mol. The molecule has 0 aliphatic carbocycles. The van der Waals surface area contributed by atoms with E-state index >= 15 is 0 Å². The lowest BCUT2D eigenvalue weighted by molar-refractivity contribution is -0.137. The van der Waals surface area contributed by atoms with Gasteiger partial charge < -0.3 is 10.5 Å². The minimum absolute atomic E-state index is 0.165. The Morgan fingerprint density at radius 3 is 2.57 bits per heavy atom. The van der Waals surface area contributed by atoms with Gasteiger partial charge in [-0.3, -0.25) is 0 Å². The summed E-state index contributed by atoms with van der Waals surface area (Å²) < 4.78 is 58.3. The fraction of sp³-hybridized carbons (Fsp3) is 0.250. The molecule has 0 spiro atoms. The van der Waals surface area contributed by atoms with Crippen LogP contribution in [0, 0.1) is 5.82 Å². The summed E-state index contributed by atoms with van der Waals surface area (Å²) in [5, 5.41) is -0.165. The standard InChI is InChI=1S/C16H12ClF4NO/c17-13-5-8(1-2-14(13)18)12-6-10(16(19,20)21)3-9-4-11(7-22)23-15(9)12/h1-3,5-6,11H,4,7,22H2. The predicted octanol–water partition coefficient (Wildman–Crippen LogP) is 4.43. The fourth-order valence-electron chi connectivity index (χ4n) is 2.61. The van der Waals surface area contributed by atoms with Crippen molar-refractivity contribution in [3.8, 4) is 16.9 Å². The Labute approximate surface area is 134 Å². The molecule has 0 radical (unpaired) electrons. The van der Waals surface area contributed by atoms with Gasteiger partial charge in [-0.25, -0.2) is 4.39 Å². The molecule has 0 aromatic heterocycles. The van der Waals surface area contributed by atoms with Crippen molar-refractivity contribution in [3.05, 3.63) is 52.3 Å². The summed E-state index contributed by atoms with van der Waals surface area (Å²) in [6.45, 7) is 0.194. The molecule has 1 unspecified atom stereocenters. The summed E-state index contributed by atoms with van der Waals surface area (Å²) in [6.07, 6.45) is -4.56. The largest absolute Gasteiger partial charge is 0.488 e. The Morgan fingerprint density at radius 2 is 1.96 bits per heavy atom. The molecule has 3 rings (SSSR count). The molecule has 0 fully saturated rings. The second-order valence-electron chi connectivity index (χ2n) is 5.32. The van der Waals surface area contributed by atoms with Gasteiger partial charge in [-0.1, -0.05) is 17.7 Å². The van der Waals surface area contributed by atoms with Gasteiger partial charge in [0, 0.05) is 18.5 Å². The van der Waals surface area contributed by atoms with Gasteiger partial charge in [0.15, 0.2) is 0 Å². The Kier molecular flexibility index (Phi) is 3.98. The first-order valence-electron chi connectivity index (χ1n) is 6.86. The highest BCUT2D eigenvalue weighted by Gasteiger charge is 2.35. The molecule has 1 atom stereocenters. The maximum atomic E-state index is 13.3. The zero-order chi connectivity index (χ0) is 16.8. The summed E-state index contributed by atoms with van der Waals surface area (Å²) in [5.74, 6) is -0.295. The van der Waals surface area contributed by atoms with Crippen LogP contribution in [0.5, 0.6) is 5.75 Å². The van der Waals surface area contributed by atoms with Gasteiger partial charge >= 0.3 is 6.18 Å². The van der Waals surface area contributed by atoms with E-state index in [0.717, 1.165) is 18.2 Å². The molecule has 2 nitrogen and oxygen atoms in total. The third-order valence-corrected chi connectivity index (χ3v) is 4.01. The van der Waals surface area contributed by atoms with Crippen molar-refractivity contribution in [1.82, 2.24) is 0 Å². The zero-order valence-electron chi connectivity index (χ0n) is 11.8. The quantitative estimate of drug-likeness (QED) is 0.817. The van der Waals surface area contributed by atoms with Crippen LogP contribution in [0.25, 0.3) is 11.1 Å². The molecule has 1 aliphatic rings. The normalized spacial score (nSPS) is 17.0. The van der Waals surface area contributed by atoms with E-state index in [0.29, 0.717) is 23.3 Å². The van der Waals surface area contributed by atoms with E-state index in [-0.39, 0.29) is 23.2 Å². The average molecular weight is 346 g/mol. The maximum Gasteiger partial charge on any atom is 0.416 e. The number of benzene rings is 2. The van der Waals surface area contributed by atoms with Crippen LogP contribution in [-0.4, -0.2) is 12.6 Å². The van der Waals surface area contributed by atoms with Crippen LogP contribution < -0.4 is 10.5 Å². The van der Waals surface area contributed by atoms with Crippen LogP contribution in [0.3, 0.4) is 0 Å². The number of halogens is 5. The molecular formula is C16H12ClF4NO. The first-order valence-corrected chi connectivity index (χ1v) is 7.23. The number of rotatable bonds is 2. The Bertz CT molecular complexity index is 760. The molecule has 2 aromatic carbocycles. The number of hydrogen-bond acceptors (Lipinski definition) is 2. The number of hydrogen-bond donors (Lipinski definition) is 1. The summed E-state index contributed by atoms with van der Waals surface area (Å²) in [7, 11) is 0. The molecule has 7 heteroatoms. The number of nitrogens with two attached hydrogens (primary N) is 1. The van der Waals surface area contributed by atoms with Gasteiger partial charge in [0.25, 0.3) is 0 Å². The lowest BCUT2D eigenvalue weighted by Gasteiger charge is -2.14. The topological polar surface area (TPSA) is 35.2 Å². The van der Waals surface area contributed by atoms with E-state index in [4.69, 9.17) is 22.1 Å². The highest BCUT2D eigenvalue weighted by molar-refractivity contribution is 6.31. The average Bonchev–Trinajstić information content (AvgIpc) is 2.91. The molecule has 0 amide bonds. The third kappa shape index (κ3) is 3.01. The molecule has 122 valence electrons. The highest BCUT2D eigenvalue weighted by atomic mass is 35.5. The molecule has 1 heterocycles. The first kappa shape index (κ1) is 16.1. The van der Waals surface area contributed by atoms with Crippen molar-refractivity contribution in [2.45, 2.75) is 18.7 Å². The molecule has 0 bridgehead atoms. The zero-order valence-corrected chi connectivity index (χ0v) is 12.5. The minimum Gasteiger partial charge on any atom is -0.488 e. The lowest BCUT2D eigenvalue weighted by atomic mass is 9.97. The van der Waals surface area contributed by atoms with Crippen LogP contribution >= 0.6 is 11.6 Å². The number of ether oxygens (including phenoxy) is 1. The highest BCUT2D eigenvalue weighted by Crippen LogP contribution is 2.43. The predicted molar refractivity (Wildman–Crippen MR) is 79.0 cm³/mol. The van der Waals surface area contributed by atoms with E-state index in [1.54, 1.807) is 0 Å². The molecule has 1 aliphatic heterocycles. The fourth-order valence-corrected chi connectivity index (χ4v) is 2.79. The van der Waals surface area contributed by atoms with Crippen LogP contribution in [0.1, 0.15) is 11.1 Å². The molecule has 2 aromatic rings. The third-order valence-electron chi connectivity index (χ3n) is 3.72. The van der Waals surface area contributed by atoms with Crippen molar-refractivity contribution in [2.24, 2.45) is 5.73 Å². The van der Waals surface area contributed by atoms with Gasteiger partial charge in [0.1, 0.15) is 17.7 Å². The summed E-state index contributed by atoms with van der Waals surface area (Å²) >= 11 is 5.74. The number of fused-ring (bicyclic) bond motifs is 1. The van der Waals surface area contributed by atoms with E-state index in [9.17, 15) is 17.6 Å². The maximum absolute atomic E-state index is 13.3. The van der Waals surface area contributed by atoms with Gasteiger partial charge in [0.05, 0.1) is 10.6 Å². The van der Waals surface area contributed by atoms with Crippen LogP contribution in [-0.2, 0) is 12.6 Å². The van der Waals surface area contributed by atoms with Crippen molar-refractivity contribution >= 4 is 11.6 Å². The van der Waals surface area contributed by atoms with Crippen LogP contribution in [0.15, 0.2) is 30.3 Å². The molecule has 0 saturated carbocycles. The van der Waals surface area contributed by atoms with Crippen molar-refractivity contribution in [1.29, 1.82) is 0 Å². The van der Waals surface area contributed by atoms with Gasteiger partial charge in [0.2, 0.25) is 0 Å². The summed E-state index contributed by atoms with van der Waals surface area (Å²) in [5.41, 5.74) is 5.79. The summed E-state index contributed by atoms with van der Waals surface area (Å²) in [6, 6.07) is 5.82. The molecule has 0 saturated heterocycles. The van der Waals surface area contributed by atoms with Gasteiger partial charge in [-0.2, -0.15) is 13.2 Å². The van der Waals surface area contributed by atoms with Crippen LogP contribution in [0.4, 0.5) is 17.6 Å². The molecular weight excluding hydrogens is 334 g/mol. The second-order valence-corrected chi connectivity index (χ2v) is 5.73. The van der Waals surface area contributed by atoms with Crippen LogP contribution in [0.2, 0.25) is 5.02 Å². The number of alkyl halides is 3. The van der Waals surface area contributed by atoms with E-state index in [1.807, 2.05) is 0 Å². The van der Waals surface area contributed by atoms with E-state index < -0.39 is 17.6 Å². The van der Waals surface area contributed by atoms with E-state index in [2.05, 4.69) is 0 Å². The van der Waals surface area contributed by atoms with Gasteiger partial charge in [-0.05, 0) is 35.4 Å². The Hall–Kier alpha value is -1.79. The Balaban J connectivity index is 2.19. The first-order chi connectivity index (χ1) is 10.8. The smallest absolute Gasteiger partial charge is 0.416 e. The SMILES string of the molecule is NCC1Cc2cc(C(F)(F)F)cc(-c3ccc(F)c(Cl)c3)c2O1. The second kappa shape index (κ2) is 5.69. The van der Waals surface area contributed by atoms with Crippen molar-refractivity contribution < 1.29 is 22.3 Å². The molecule has 23 heavy (non-hydrogen) atoms. The van der Waals surface area contributed by atoms with E-state index in [1.165, 1.54) is 12.1 Å². The van der Waals surface area contributed by atoms with Crippen molar-refractivity contribution in [2.75, 3.05) is 6.54 Å². The summed E-state index contributed by atoms with van der Waals surface area (Å²) in [4.78, 5) is 0.